The Hall–Kier alpha value is -0.220. The van der Waals surface area contributed by atoms with Gasteiger partial charge in [0.25, 0.3) is 0 Å². The standard InChI is InChI=1S/C12H24N2OS/c1-4-5-12(6-7-13-10-12)11(15)14(2)8-9-16-3/h13H,4-10H2,1-3H3. The molecule has 0 aliphatic carbocycles. The SMILES string of the molecule is CCCC1(C(=O)N(C)CCSC)CCNC1. The third-order valence-corrected chi connectivity index (χ3v) is 3.99. The molecule has 0 aromatic heterocycles. The van der Waals surface area contributed by atoms with Gasteiger partial charge in [-0.15, -0.1) is 0 Å². The molecule has 1 aliphatic rings. The summed E-state index contributed by atoms with van der Waals surface area (Å²) < 4.78 is 0. The van der Waals surface area contributed by atoms with Gasteiger partial charge in [-0.1, -0.05) is 13.3 Å². The Balaban J connectivity index is 2.60. The highest BCUT2D eigenvalue weighted by atomic mass is 32.2. The van der Waals surface area contributed by atoms with Crippen LogP contribution in [0.5, 0.6) is 0 Å². The highest BCUT2D eigenvalue weighted by Crippen LogP contribution is 2.32. The van der Waals surface area contributed by atoms with Crippen molar-refractivity contribution < 1.29 is 4.79 Å². The topological polar surface area (TPSA) is 32.3 Å². The average Bonchev–Trinajstić information content (AvgIpc) is 2.75. The normalized spacial score (nSPS) is 24.7. The van der Waals surface area contributed by atoms with E-state index in [9.17, 15) is 4.79 Å². The van der Waals surface area contributed by atoms with Crippen LogP contribution in [0.1, 0.15) is 26.2 Å². The quantitative estimate of drug-likeness (QED) is 0.770. The van der Waals surface area contributed by atoms with E-state index in [0.717, 1.165) is 44.6 Å². The van der Waals surface area contributed by atoms with Gasteiger partial charge >= 0.3 is 0 Å². The predicted molar refractivity (Wildman–Crippen MR) is 70.8 cm³/mol. The largest absolute Gasteiger partial charge is 0.344 e. The van der Waals surface area contributed by atoms with Crippen molar-refractivity contribution in [1.29, 1.82) is 0 Å². The molecule has 1 atom stereocenters. The molecule has 1 fully saturated rings. The molecule has 1 N–H and O–H groups in total. The molecule has 1 amide bonds. The Kier molecular flexibility index (Phi) is 5.62. The van der Waals surface area contributed by atoms with E-state index in [0.29, 0.717) is 5.91 Å². The van der Waals surface area contributed by atoms with Crippen molar-refractivity contribution >= 4 is 17.7 Å². The van der Waals surface area contributed by atoms with Gasteiger partial charge < -0.3 is 10.2 Å². The van der Waals surface area contributed by atoms with Crippen LogP contribution >= 0.6 is 11.8 Å². The van der Waals surface area contributed by atoms with Crippen LogP contribution in [0.4, 0.5) is 0 Å². The molecule has 0 bridgehead atoms. The number of hydrogen-bond acceptors (Lipinski definition) is 3. The fraction of sp³-hybridized carbons (Fsp3) is 0.917. The maximum atomic E-state index is 12.4. The van der Waals surface area contributed by atoms with Crippen LogP contribution in [0.2, 0.25) is 0 Å². The van der Waals surface area contributed by atoms with Crippen molar-refractivity contribution in [3.8, 4) is 0 Å². The molecular formula is C12H24N2OS. The van der Waals surface area contributed by atoms with E-state index in [1.165, 1.54) is 0 Å². The van der Waals surface area contributed by atoms with Crippen LogP contribution in [0.25, 0.3) is 0 Å². The third kappa shape index (κ3) is 3.14. The summed E-state index contributed by atoms with van der Waals surface area (Å²) in [4.78, 5) is 14.4. The number of carbonyl (C=O) groups is 1. The number of amides is 1. The maximum Gasteiger partial charge on any atom is 0.229 e. The smallest absolute Gasteiger partial charge is 0.229 e. The van der Waals surface area contributed by atoms with E-state index < -0.39 is 0 Å². The van der Waals surface area contributed by atoms with Crippen LogP contribution in [0.15, 0.2) is 0 Å². The van der Waals surface area contributed by atoms with Gasteiger partial charge in [0.1, 0.15) is 0 Å². The number of nitrogens with zero attached hydrogens (tertiary/aromatic N) is 1. The highest BCUT2D eigenvalue weighted by Gasteiger charge is 2.41. The summed E-state index contributed by atoms with van der Waals surface area (Å²) in [5, 5.41) is 3.34. The molecule has 1 rings (SSSR count). The Morgan fingerprint density at radius 1 is 1.56 bits per heavy atom. The first kappa shape index (κ1) is 13.8. The van der Waals surface area contributed by atoms with Gasteiger partial charge in [0.05, 0.1) is 5.41 Å². The second-order valence-corrected chi connectivity index (χ2v) is 5.66. The minimum atomic E-state index is -0.109. The van der Waals surface area contributed by atoms with Crippen LogP contribution in [0.3, 0.4) is 0 Å². The Bertz CT molecular complexity index is 227. The zero-order valence-corrected chi connectivity index (χ0v) is 11.5. The van der Waals surface area contributed by atoms with Crippen molar-refractivity contribution in [3.05, 3.63) is 0 Å². The second kappa shape index (κ2) is 6.50. The molecule has 1 saturated heterocycles. The van der Waals surface area contributed by atoms with E-state index in [4.69, 9.17) is 0 Å². The van der Waals surface area contributed by atoms with Gasteiger partial charge in [0.2, 0.25) is 5.91 Å². The summed E-state index contributed by atoms with van der Waals surface area (Å²) >= 11 is 1.79. The first-order valence-electron chi connectivity index (χ1n) is 6.11. The molecule has 0 spiro atoms. The van der Waals surface area contributed by atoms with E-state index in [1.807, 2.05) is 11.9 Å². The fourth-order valence-corrected chi connectivity index (χ4v) is 2.92. The number of thioether (sulfide) groups is 1. The predicted octanol–water partition coefficient (Wildman–Crippen LogP) is 1.59. The van der Waals surface area contributed by atoms with Gasteiger partial charge in [-0.2, -0.15) is 11.8 Å². The van der Waals surface area contributed by atoms with Crippen LogP contribution in [0, 0.1) is 5.41 Å². The molecular weight excluding hydrogens is 220 g/mol. The van der Waals surface area contributed by atoms with Crippen LogP contribution in [-0.2, 0) is 4.79 Å². The molecule has 94 valence electrons. The Morgan fingerprint density at radius 2 is 2.31 bits per heavy atom. The summed E-state index contributed by atoms with van der Waals surface area (Å²) in [7, 11) is 1.94. The van der Waals surface area contributed by atoms with Crippen molar-refractivity contribution in [2.75, 3.05) is 38.7 Å². The lowest BCUT2D eigenvalue weighted by atomic mass is 9.81. The van der Waals surface area contributed by atoms with Crippen molar-refractivity contribution in [1.82, 2.24) is 10.2 Å². The van der Waals surface area contributed by atoms with Crippen molar-refractivity contribution in [2.24, 2.45) is 5.41 Å². The lowest BCUT2D eigenvalue weighted by Gasteiger charge is -2.31. The van der Waals surface area contributed by atoms with Crippen LogP contribution in [-0.4, -0.2) is 49.5 Å². The van der Waals surface area contributed by atoms with Crippen LogP contribution < -0.4 is 5.32 Å². The van der Waals surface area contributed by atoms with Gasteiger partial charge in [-0.3, -0.25) is 4.79 Å². The summed E-state index contributed by atoms with van der Waals surface area (Å²) in [5.41, 5.74) is -0.109. The van der Waals surface area contributed by atoms with Gasteiger partial charge in [0, 0.05) is 25.9 Å². The molecule has 3 nitrogen and oxygen atoms in total. The van der Waals surface area contributed by atoms with E-state index >= 15 is 0 Å². The summed E-state index contributed by atoms with van der Waals surface area (Å²) in [6.07, 6.45) is 5.19. The van der Waals surface area contributed by atoms with Gasteiger partial charge in [-0.25, -0.2) is 0 Å². The molecule has 0 saturated carbocycles. The fourth-order valence-electron chi connectivity index (χ4n) is 2.46. The lowest BCUT2D eigenvalue weighted by molar-refractivity contribution is -0.140. The van der Waals surface area contributed by atoms with E-state index in [1.54, 1.807) is 11.8 Å². The third-order valence-electron chi connectivity index (χ3n) is 3.40. The first-order valence-corrected chi connectivity index (χ1v) is 7.51. The number of nitrogens with one attached hydrogen (secondary N) is 1. The Morgan fingerprint density at radius 3 is 2.81 bits per heavy atom. The molecule has 16 heavy (non-hydrogen) atoms. The highest BCUT2D eigenvalue weighted by molar-refractivity contribution is 7.98. The molecule has 1 unspecified atom stereocenters. The number of rotatable bonds is 6. The zero-order valence-electron chi connectivity index (χ0n) is 10.7. The number of hydrogen-bond donors (Lipinski definition) is 1. The zero-order chi connectivity index (χ0) is 12.0. The lowest BCUT2D eigenvalue weighted by Crippen LogP contribution is -2.44. The molecule has 4 heteroatoms. The van der Waals surface area contributed by atoms with Gasteiger partial charge in [0.15, 0.2) is 0 Å². The molecule has 0 aromatic rings. The first-order chi connectivity index (χ1) is 7.66. The second-order valence-electron chi connectivity index (χ2n) is 4.68. The molecule has 1 heterocycles. The summed E-state index contributed by atoms with van der Waals surface area (Å²) in [5.74, 6) is 1.37. The van der Waals surface area contributed by atoms with Crippen molar-refractivity contribution in [3.63, 3.8) is 0 Å². The summed E-state index contributed by atoms with van der Waals surface area (Å²) in [6.45, 7) is 4.88. The monoisotopic (exact) mass is 244 g/mol. The Labute approximate surface area is 103 Å². The molecule has 0 radical (unpaired) electrons. The molecule has 1 aliphatic heterocycles. The number of carbonyl (C=O) groups excluding carboxylic acids is 1. The van der Waals surface area contributed by atoms with Crippen molar-refractivity contribution in [2.45, 2.75) is 26.2 Å². The molecule has 0 aromatic carbocycles. The maximum absolute atomic E-state index is 12.4. The minimum absolute atomic E-state index is 0.109. The average molecular weight is 244 g/mol. The minimum Gasteiger partial charge on any atom is -0.344 e. The summed E-state index contributed by atoms with van der Waals surface area (Å²) in [6, 6.07) is 0. The van der Waals surface area contributed by atoms with Gasteiger partial charge in [-0.05, 0) is 25.6 Å². The van der Waals surface area contributed by atoms with E-state index in [2.05, 4.69) is 18.5 Å². The van der Waals surface area contributed by atoms with E-state index in [-0.39, 0.29) is 5.41 Å².